The first-order valence-electron chi connectivity index (χ1n) is 8.35. The van der Waals surface area contributed by atoms with E-state index >= 15 is 0 Å². The minimum atomic E-state index is -1.06. The fourth-order valence-corrected chi connectivity index (χ4v) is 2.79. The minimum absolute atomic E-state index is 0.0261. The molecule has 3 aromatic rings. The monoisotopic (exact) mass is 385 g/mol. The summed E-state index contributed by atoms with van der Waals surface area (Å²) in [5.41, 5.74) is 0.761. The Morgan fingerprint density at radius 3 is 2.56 bits per heavy atom. The summed E-state index contributed by atoms with van der Waals surface area (Å²) < 4.78 is 18.9. The highest BCUT2D eigenvalue weighted by Gasteiger charge is 2.19. The molecule has 0 aliphatic carbocycles. The van der Waals surface area contributed by atoms with Gasteiger partial charge in [-0.25, -0.2) is 4.39 Å². The lowest BCUT2D eigenvalue weighted by molar-refractivity contribution is -0.152. The number of fused-ring (bicyclic) bond motifs is 1. The molecule has 0 aliphatic rings. The molecule has 0 fully saturated rings. The first kappa shape index (κ1) is 18.9. The van der Waals surface area contributed by atoms with Crippen molar-refractivity contribution in [2.24, 2.45) is 0 Å². The van der Waals surface area contributed by atoms with Gasteiger partial charge in [-0.2, -0.15) is 0 Å². The van der Waals surface area contributed by atoms with Crippen molar-refractivity contribution in [1.82, 2.24) is 0 Å². The summed E-state index contributed by atoms with van der Waals surface area (Å²) in [4.78, 5) is 24.3. The molecule has 3 aromatic carbocycles. The van der Waals surface area contributed by atoms with Gasteiger partial charge in [0.05, 0.1) is 12.1 Å². The van der Waals surface area contributed by atoms with Crippen LogP contribution in [0.3, 0.4) is 0 Å². The van der Waals surface area contributed by atoms with Crippen molar-refractivity contribution in [1.29, 1.82) is 0 Å². The highest BCUT2D eigenvalue weighted by molar-refractivity contribution is 6.30. The summed E-state index contributed by atoms with van der Waals surface area (Å²) in [6.45, 7) is 1.43. The predicted octanol–water partition coefficient (Wildman–Crippen LogP) is 4.75. The first-order valence-corrected chi connectivity index (χ1v) is 8.73. The van der Waals surface area contributed by atoms with Gasteiger partial charge in [0, 0.05) is 5.02 Å². The Morgan fingerprint density at radius 1 is 1.07 bits per heavy atom. The van der Waals surface area contributed by atoms with E-state index in [1.807, 2.05) is 42.5 Å². The lowest BCUT2D eigenvalue weighted by Crippen LogP contribution is -2.30. The molecule has 0 radical (unpaired) electrons. The van der Waals surface area contributed by atoms with Crippen LogP contribution in [0.1, 0.15) is 12.5 Å². The zero-order valence-electron chi connectivity index (χ0n) is 14.5. The summed E-state index contributed by atoms with van der Waals surface area (Å²) in [5.74, 6) is -1.82. The van der Waals surface area contributed by atoms with Gasteiger partial charge < -0.3 is 10.1 Å². The van der Waals surface area contributed by atoms with E-state index in [1.54, 1.807) is 0 Å². The van der Waals surface area contributed by atoms with Crippen molar-refractivity contribution in [3.8, 4) is 0 Å². The fraction of sp³-hybridized carbons (Fsp3) is 0.143. The molecule has 0 bridgehead atoms. The average molecular weight is 386 g/mol. The van der Waals surface area contributed by atoms with Crippen LogP contribution in [0.25, 0.3) is 10.8 Å². The molecule has 0 aliphatic heterocycles. The van der Waals surface area contributed by atoms with E-state index in [2.05, 4.69) is 5.32 Å². The molecule has 4 nitrogen and oxygen atoms in total. The Bertz CT molecular complexity index is 1010. The van der Waals surface area contributed by atoms with Crippen LogP contribution in [0.15, 0.2) is 60.7 Å². The number of carbonyl (C=O) groups excluding carboxylic acids is 2. The van der Waals surface area contributed by atoms with Gasteiger partial charge in [-0.1, -0.05) is 54.1 Å². The standard InChI is InChI=1S/C21H17ClFNO3/c1-13(21(26)24-19-9-8-17(22)12-18(19)23)27-20(25)11-14-6-7-15-4-2-3-5-16(15)10-14/h2-10,12-13H,11H2,1H3,(H,24,26)/t13-/m0/s1. The van der Waals surface area contributed by atoms with Crippen molar-refractivity contribution in [2.45, 2.75) is 19.4 Å². The van der Waals surface area contributed by atoms with Crippen LogP contribution in [0.4, 0.5) is 10.1 Å². The number of esters is 1. The molecule has 0 spiro atoms. The van der Waals surface area contributed by atoms with E-state index in [4.69, 9.17) is 16.3 Å². The largest absolute Gasteiger partial charge is 0.452 e. The van der Waals surface area contributed by atoms with Crippen molar-refractivity contribution >= 4 is 39.9 Å². The number of halogens is 2. The summed E-state index contributed by atoms with van der Waals surface area (Å²) in [7, 11) is 0. The summed E-state index contributed by atoms with van der Waals surface area (Å²) >= 11 is 5.68. The Hall–Kier alpha value is -2.92. The van der Waals surface area contributed by atoms with Gasteiger partial charge in [0.1, 0.15) is 5.82 Å². The number of ether oxygens (including phenoxy) is 1. The van der Waals surface area contributed by atoms with Crippen molar-refractivity contribution < 1.29 is 18.7 Å². The smallest absolute Gasteiger partial charge is 0.311 e. The molecule has 0 saturated heterocycles. The Labute approximate surface area is 160 Å². The SMILES string of the molecule is C[C@H](OC(=O)Cc1ccc2ccccc2c1)C(=O)Nc1ccc(Cl)cc1F. The molecule has 1 amide bonds. The fourth-order valence-electron chi connectivity index (χ4n) is 2.63. The quantitative estimate of drug-likeness (QED) is 0.645. The van der Waals surface area contributed by atoms with Crippen molar-refractivity contribution in [3.63, 3.8) is 0 Å². The van der Waals surface area contributed by atoms with Crippen LogP contribution < -0.4 is 5.32 Å². The third kappa shape index (κ3) is 4.83. The van der Waals surface area contributed by atoms with Gasteiger partial charge in [-0.05, 0) is 41.5 Å². The van der Waals surface area contributed by atoms with Gasteiger partial charge in [-0.15, -0.1) is 0 Å². The molecule has 0 heterocycles. The van der Waals surface area contributed by atoms with E-state index in [9.17, 15) is 14.0 Å². The first-order chi connectivity index (χ1) is 12.9. The maximum Gasteiger partial charge on any atom is 0.311 e. The van der Waals surface area contributed by atoms with E-state index in [-0.39, 0.29) is 17.1 Å². The van der Waals surface area contributed by atoms with E-state index in [0.717, 1.165) is 22.4 Å². The van der Waals surface area contributed by atoms with Crippen molar-refractivity contribution in [2.75, 3.05) is 5.32 Å². The Balaban J connectivity index is 1.59. The summed E-state index contributed by atoms with van der Waals surface area (Å²) in [5, 5.41) is 4.70. The zero-order chi connectivity index (χ0) is 19.4. The highest BCUT2D eigenvalue weighted by Crippen LogP contribution is 2.19. The molecular weight excluding hydrogens is 369 g/mol. The third-order valence-electron chi connectivity index (χ3n) is 4.03. The number of nitrogens with one attached hydrogen (secondary N) is 1. The van der Waals surface area contributed by atoms with Gasteiger partial charge in [0.15, 0.2) is 6.10 Å². The maximum absolute atomic E-state index is 13.7. The third-order valence-corrected chi connectivity index (χ3v) is 4.26. The lowest BCUT2D eigenvalue weighted by Gasteiger charge is -2.14. The molecule has 6 heteroatoms. The van der Waals surface area contributed by atoms with Gasteiger partial charge in [-0.3, -0.25) is 9.59 Å². The van der Waals surface area contributed by atoms with Gasteiger partial charge in [0.25, 0.3) is 5.91 Å². The molecule has 138 valence electrons. The van der Waals surface area contributed by atoms with E-state index < -0.39 is 23.8 Å². The average Bonchev–Trinajstić information content (AvgIpc) is 2.63. The number of rotatable bonds is 5. The minimum Gasteiger partial charge on any atom is -0.452 e. The van der Waals surface area contributed by atoms with Crippen LogP contribution in [0, 0.1) is 5.82 Å². The molecule has 3 rings (SSSR count). The highest BCUT2D eigenvalue weighted by atomic mass is 35.5. The van der Waals surface area contributed by atoms with Crippen molar-refractivity contribution in [3.05, 3.63) is 77.1 Å². The summed E-state index contributed by atoms with van der Waals surface area (Å²) in [6, 6.07) is 17.4. The lowest BCUT2D eigenvalue weighted by atomic mass is 10.1. The topological polar surface area (TPSA) is 55.4 Å². The summed E-state index contributed by atoms with van der Waals surface area (Å²) in [6.07, 6.45) is -1.02. The Morgan fingerprint density at radius 2 is 1.81 bits per heavy atom. The molecule has 27 heavy (non-hydrogen) atoms. The number of hydrogen-bond donors (Lipinski definition) is 1. The Kier molecular flexibility index (Phi) is 5.72. The van der Waals surface area contributed by atoms with Crippen LogP contribution in [0.5, 0.6) is 0 Å². The zero-order valence-corrected chi connectivity index (χ0v) is 15.3. The van der Waals surface area contributed by atoms with Gasteiger partial charge in [0.2, 0.25) is 0 Å². The molecule has 1 N–H and O–H groups in total. The van der Waals surface area contributed by atoms with Gasteiger partial charge >= 0.3 is 5.97 Å². The van der Waals surface area contributed by atoms with E-state index in [0.29, 0.717) is 0 Å². The normalized spacial score (nSPS) is 11.8. The second-order valence-corrected chi connectivity index (χ2v) is 6.54. The number of benzene rings is 3. The molecule has 0 unspecified atom stereocenters. The number of carbonyl (C=O) groups is 2. The predicted molar refractivity (Wildman–Crippen MR) is 103 cm³/mol. The molecule has 0 saturated carbocycles. The van der Waals surface area contributed by atoms with Crippen LogP contribution in [0.2, 0.25) is 5.02 Å². The second-order valence-electron chi connectivity index (χ2n) is 6.10. The van der Waals surface area contributed by atoms with Crippen LogP contribution >= 0.6 is 11.6 Å². The molecular formula is C21H17ClFNO3. The molecule has 1 atom stereocenters. The van der Waals surface area contributed by atoms with E-state index in [1.165, 1.54) is 19.1 Å². The maximum atomic E-state index is 13.7. The van der Waals surface area contributed by atoms with Crippen LogP contribution in [-0.2, 0) is 20.7 Å². The molecule has 0 aromatic heterocycles. The second kappa shape index (κ2) is 8.18. The number of anilines is 1. The number of amides is 1. The number of hydrogen-bond acceptors (Lipinski definition) is 3. The van der Waals surface area contributed by atoms with Crippen LogP contribution in [-0.4, -0.2) is 18.0 Å².